The number of nitrogens with one attached hydrogen (secondary N) is 1. The smallest absolute Gasteiger partial charge is 0.0434 e. The quantitative estimate of drug-likeness (QED) is 0.874. The van der Waals surface area contributed by atoms with Gasteiger partial charge in [-0.1, -0.05) is 17.7 Å². The van der Waals surface area contributed by atoms with Crippen molar-refractivity contribution in [1.29, 1.82) is 0 Å². The fourth-order valence-electron chi connectivity index (χ4n) is 2.81. The van der Waals surface area contributed by atoms with E-state index in [1.807, 2.05) is 6.07 Å². The second-order valence-corrected chi connectivity index (χ2v) is 7.43. The summed E-state index contributed by atoms with van der Waals surface area (Å²) in [5.74, 6) is 0.595. The maximum atomic E-state index is 9.11. The third-order valence-electron chi connectivity index (χ3n) is 4.02. The molecule has 0 aliphatic carbocycles. The molecule has 1 heterocycles. The van der Waals surface area contributed by atoms with Gasteiger partial charge in [0.15, 0.2) is 0 Å². The van der Waals surface area contributed by atoms with Crippen LogP contribution >= 0.6 is 11.6 Å². The van der Waals surface area contributed by atoms with Crippen LogP contribution in [0.1, 0.15) is 39.2 Å². The Balaban J connectivity index is 2.12. The van der Waals surface area contributed by atoms with Crippen LogP contribution in [0.4, 0.5) is 5.69 Å². The maximum Gasteiger partial charge on any atom is 0.0434 e. The van der Waals surface area contributed by atoms with E-state index in [-0.39, 0.29) is 12.1 Å². The molecule has 0 spiro atoms. The number of nitrogens with zero attached hydrogens (tertiary/aromatic N) is 1. The lowest BCUT2D eigenvalue weighted by molar-refractivity contribution is 0.263. The third kappa shape index (κ3) is 4.87. The number of rotatable bonds is 5. The lowest BCUT2D eigenvalue weighted by Crippen LogP contribution is -2.35. The Hall–Kier alpha value is -0.770. The molecule has 0 radical (unpaired) electrons. The van der Waals surface area contributed by atoms with Crippen molar-refractivity contribution in [2.45, 2.75) is 45.7 Å². The molecule has 1 fully saturated rings. The van der Waals surface area contributed by atoms with Gasteiger partial charge < -0.3 is 15.3 Å². The van der Waals surface area contributed by atoms with Gasteiger partial charge in [0.1, 0.15) is 0 Å². The molecule has 0 bridgehead atoms. The van der Waals surface area contributed by atoms with Crippen LogP contribution in [-0.2, 0) is 6.54 Å². The number of hydrogen-bond donors (Lipinski definition) is 2. The van der Waals surface area contributed by atoms with Gasteiger partial charge in [-0.05, 0) is 57.2 Å². The molecule has 1 aliphatic heterocycles. The summed E-state index contributed by atoms with van der Waals surface area (Å²) in [5.41, 5.74) is 2.63. The second-order valence-electron chi connectivity index (χ2n) is 6.99. The van der Waals surface area contributed by atoms with E-state index in [1.54, 1.807) is 0 Å². The summed E-state index contributed by atoms with van der Waals surface area (Å²) in [6.45, 7) is 9.72. The first-order valence-corrected chi connectivity index (χ1v) is 8.16. The van der Waals surface area contributed by atoms with Crippen LogP contribution in [0, 0.1) is 5.92 Å². The molecule has 0 amide bonds. The fraction of sp³-hybridized carbons (Fsp3) is 0.647. The number of anilines is 1. The number of aliphatic hydroxyl groups is 1. The Morgan fingerprint density at radius 2 is 2.14 bits per heavy atom. The Kier molecular flexibility index (Phi) is 5.53. The molecule has 118 valence electrons. The fourth-order valence-corrected chi connectivity index (χ4v) is 2.98. The number of aliphatic hydroxyl groups excluding tert-OH is 1. The molecule has 1 aliphatic rings. The first-order valence-electron chi connectivity index (χ1n) is 7.78. The van der Waals surface area contributed by atoms with Crippen molar-refractivity contribution in [2.75, 3.05) is 24.6 Å². The second kappa shape index (κ2) is 6.99. The van der Waals surface area contributed by atoms with Crippen LogP contribution < -0.4 is 10.2 Å². The van der Waals surface area contributed by atoms with Gasteiger partial charge in [0.25, 0.3) is 0 Å². The van der Waals surface area contributed by atoms with E-state index in [0.29, 0.717) is 5.92 Å². The molecule has 0 saturated carbocycles. The summed E-state index contributed by atoms with van der Waals surface area (Å²) < 4.78 is 0. The predicted octanol–water partition coefficient (Wildman–Crippen LogP) is 3.44. The summed E-state index contributed by atoms with van der Waals surface area (Å²) in [6, 6.07) is 6.16. The van der Waals surface area contributed by atoms with Crippen LogP contribution in [0.15, 0.2) is 18.2 Å². The molecule has 2 rings (SSSR count). The highest BCUT2D eigenvalue weighted by Gasteiger charge is 2.24. The summed E-state index contributed by atoms with van der Waals surface area (Å²) in [5, 5.41) is 13.4. The summed E-state index contributed by atoms with van der Waals surface area (Å²) in [6.07, 6.45) is 2.05. The average Bonchev–Trinajstić information content (AvgIpc) is 2.85. The van der Waals surface area contributed by atoms with Crippen molar-refractivity contribution < 1.29 is 5.11 Å². The predicted molar refractivity (Wildman–Crippen MR) is 90.1 cm³/mol. The Labute approximate surface area is 133 Å². The summed E-state index contributed by atoms with van der Waals surface area (Å²) in [4.78, 5) is 2.41. The van der Waals surface area contributed by atoms with Gasteiger partial charge in [0.05, 0.1) is 0 Å². The zero-order chi connectivity index (χ0) is 15.5. The van der Waals surface area contributed by atoms with E-state index < -0.39 is 0 Å². The molecule has 3 nitrogen and oxygen atoms in total. The molecular weight excluding hydrogens is 284 g/mol. The minimum Gasteiger partial charge on any atom is -0.396 e. The van der Waals surface area contributed by atoms with E-state index in [4.69, 9.17) is 16.7 Å². The highest BCUT2D eigenvalue weighted by atomic mass is 35.5. The van der Waals surface area contributed by atoms with Gasteiger partial charge in [-0.3, -0.25) is 0 Å². The lowest BCUT2D eigenvalue weighted by atomic mass is 10.1. The first-order chi connectivity index (χ1) is 9.89. The zero-order valence-corrected chi connectivity index (χ0v) is 14.1. The Morgan fingerprint density at radius 3 is 2.81 bits per heavy atom. The van der Waals surface area contributed by atoms with Crippen LogP contribution in [0.25, 0.3) is 0 Å². The van der Waals surface area contributed by atoms with Crippen molar-refractivity contribution in [3.05, 3.63) is 28.8 Å². The van der Waals surface area contributed by atoms with Crippen LogP contribution in [0.5, 0.6) is 0 Å². The van der Waals surface area contributed by atoms with Crippen LogP contribution in [-0.4, -0.2) is 30.3 Å². The minimum absolute atomic E-state index is 0.0986. The van der Waals surface area contributed by atoms with Crippen molar-refractivity contribution >= 4 is 17.3 Å². The van der Waals surface area contributed by atoms with Crippen molar-refractivity contribution in [1.82, 2.24) is 5.32 Å². The highest BCUT2D eigenvalue weighted by molar-refractivity contribution is 6.30. The maximum absolute atomic E-state index is 9.11. The monoisotopic (exact) mass is 310 g/mol. The Morgan fingerprint density at radius 1 is 1.38 bits per heavy atom. The Bertz CT molecular complexity index is 470. The summed E-state index contributed by atoms with van der Waals surface area (Å²) >= 11 is 6.20. The topological polar surface area (TPSA) is 35.5 Å². The molecular formula is C17H27ClN2O. The number of benzene rings is 1. The normalized spacial score (nSPS) is 19.3. The van der Waals surface area contributed by atoms with Gasteiger partial charge in [0.2, 0.25) is 0 Å². The molecule has 1 saturated heterocycles. The first kappa shape index (κ1) is 16.6. The largest absolute Gasteiger partial charge is 0.396 e. The number of hydrogen-bond acceptors (Lipinski definition) is 3. The van der Waals surface area contributed by atoms with E-state index in [0.717, 1.165) is 37.5 Å². The van der Waals surface area contributed by atoms with Crippen molar-refractivity contribution in [3.63, 3.8) is 0 Å². The third-order valence-corrected chi connectivity index (χ3v) is 4.26. The van der Waals surface area contributed by atoms with E-state index in [1.165, 1.54) is 11.3 Å². The highest BCUT2D eigenvalue weighted by Crippen LogP contribution is 2.31. The molecule has 1 atom stereocenters. The van der Waals surface area contributed by atoms with Crippen LogP contribution in [0.2, 0.25) is 5.02 Å². The summed E-state index contributed by atoms with van der Waals surface area (Å²) in [7, 11) is 0. The van der Waals surface area contributed by atoms with Crippen LogP contribution in [0.3, 0.4) is 0 Å². The van der Waals surface area contributed by atoms with Crippen molar-refractivity contribution in [2.24, 2.45) is 5.92 Å². The standard InChI is InChI=1S/C17H27ClN2O/c1-17(2,3)19-11-14-4-5-15(18)10-16(14)20-8-6-13(12-20)7-9-21/h4-5,10,13,19,21H,6-9,11-12H2,1-3H3. The molecule has 1 unspecified atom stereocenters. The van der Waals surface area contributed by atoms with Gasteiger partial charge in [-0.2, -0.15) is 0 Å². The van der Waals surface area contributed by atoms with E-state index in [9.17, 15) is 0 Å². The molecule has 4 heteroatoms. The van der Waals surface area contributed by atoms with Gasteiger partial charge in [-0.15, -0.1) is 0 Å². The molecule has 2 N–H and O–H groups in total. The number of halogens is 1. The van der Waals surface area contributed by atoms with Gasteiger partial charge >= 0.3 is 0 Å². The van der Waals surface area contributed by atoms with E-state index in [2.05, 4.69) is 43.1 Å². The van der Waals surface area contributed by atoms with Gasteiger partial charge in [0, 0.05) is 42.5 Å². The van der Waals surface area contributed by atoms with Crippen molar-refractivity contribution in [3.8, 4) is 0 Å². The molecule has 21 heavy (non-hydrogen) atoms. The molecule has 1 aromatic rings. The van der Waals surface area contributed by atoms with E-state index >= 15 is 0 Å². The lowest BCUT2D eigenvalue weighted by Gasteiger charge is -2.26. The van der Waals surface area contributed by atoms with Gasteiger partial charge in [-0.25, -0.2) is 0 Å². The average molecular weight is 311 g/mol. The SMILES string of the molecule is CC(C)(C)NCc1ccc(Cl)cc1N1CCC(CCO)C1. The molecule has 1 aromatic carbocycles. The minimum atomic E-state index is 0.0986. The zero-order valence-electron chi connectivity index (χ0n) is 13.3. The molecule has 0 aromatic heterocycles.